The molecule has 3 aromatic rings. The molecule has 0 atom stereocenters. The molecule has 0 bridgehead atoms. The first-order valence-corrected chi connectivity index (χ1v) is 6.99. The van der Waals surface area contributed by atoms with Crippen molar-refractivity contribution in [3.8, 4) is 17.2 Å². The topological polar surface area (TPSA) is 51.6 Å². The van der Waals surface area contributed by atoms with Crippen LogP contribution in [0.5, 0.6) is 17.2 Å². The largest absolute Gasteiger partial charge is 0.508 e. The average Bonchev–Trinajstić information content (AvgIpc) is 2.54. The minimum atomic E-state index is 0.260. The zero-order valence-electron chi connectivity index (χ0n) is 12.5. The van der Waals surface area contributed by atoms with E-state index in [9.17, 15) is 5.11 Å². The van der Waals surface area contributed by atoms with E-state index < -0.39 is 0 Å². The molecule has 0 saturated carbocycles. The van der Waals surface area contributed by atoms with Crippen LogP contribution in [0.1, 0.15) is 11.3 Å². The summed E-state index contributed by atoms with van der Waals surface area (Å²) < 4.78 is 10.6. The number of aromatic nitrogens is 1. The number of rotatable bonds is 4. The van der Waals surface area contributed by atoms with Gasteiger partial charge in [-0.05, 0) is 47.3 Å². The second-order valence-electron chi connectivity index (χ2n) is 5.03. The van der Waals surface area contributed by atoms with Gasteiger partial charge in [0.1, 0.15) is 5.75 Å². The lowest BCUT2D eigenvalue weighted by atomic mass is 10.0. The Morgan fingerprint density at radius 1 is 0.955 bits per heavy atom. The molecule has 0 spiro atoms. The number of phenolic OH excluding ortho intramolecular Hbond substituents is 1. The Hall–Kier alpha value is -2.75. The molecule has 3 rings (SSSR count). The predicted molar refractivity (Wildman–Crippen MR) is 85.8 cm³/mol. The molecule has 0 radical (unpaired) electrons. The SMILES string of the molecule is COc1ccc(Cc2nccc3cc(O)ccc23)cc1OC. The monoisotopic (exact) mass is 295 g/mol. The summed E-state index contributed by atoms with van der Waals surface area (Å²) in [7, 11) is 3.25. The zero-order valence-corrected chi connectivity index (χ0v) is 12.5. The van der Waals surface area contributed by atoms with Gasteiger partial charge >= 0.3 is 0 Å². The second-order valence-corrected chi connectivity index (χ2v) is 5.03. The molecule has 4 heteroatoms. The number of nitrogens with zero attached hydrogens (tertiary/aromatic N) is 1. The lowest BCUT2D eigenvalue weighted by Crippen LogP contribution is -1.96. The molecule has 0 fully saturated rings. The third-order valence-electron chi connectivity index (χ3n) is 3.65. The minimum Gasteiger partial charge on any atom is -0.508 e. The maximum Gasteiger partial charge on any atom is 0.160 e. The normalized spacial score (nSPS) is 10.6. The molecule has 112 valence electrons. The van der Waals surface area contributed by atoms with E-state index >= 15 is 0 Å². The van der Waals surface area contributed by atoms with Crippen LogP contribution in [-0.4, -0.2) is 24.3 Å². The highest BCUT2D eigenvalue weighted by molar-refractivity contribution is 5.85. The highest BCUT2D eigenvalue weighted by Gasteiger charge is 2.08. The molecule has 0 saturated heterocycles. The van der Waals surface area contributed by atoms with E-state index in [2.05, 4.69) is 4.98 Å². The Bertz CT molecular complexity index is 815. The standard InChI is InChI=1S/C18H17NO3/c1-21-17-6-3-12(10-18(17)22-2)9-16-15-5-4-14(20)11-13(15)7-8-19-16/h3-8,10-11,20H,9H2,1-2H3. The molecule has 0 amide bonds. The van der Waals surface area contributed by atoms with Crippen molar-refractivity contribution in [3.63, 3.8) is 0 Å². The quantitative estimate of drug-likeness (QED) is 0.799. The van der Waals surface area contributed by atoms with Gasteiger partial charge in [-0.1, -0.05) is 6.07 Å². The van der Waals surface area contributed by atoms with Crippen molar-refractivity contribution >= 4 is 10.8 Å². The summed E-state index contributed by atoms with van der Waals surface area (Å²) in [5.74, 6) is 1.68. The van der Waals surface area contributed by atoms with Crippen LogP contribution in [0.25, 0.3) is 10.8 Å². The number of hydrogen-bond acceptors (Lipinski definition) is 4. The van der Waals surface area contributed by atoms with Crippen molar-refractivity contribution in [1.29, 1.82) is 0 Å². The molecule has 1 heterocycles. The van der Waals surface area contributed by atoms with Gasteiger partial charge in [-0.3, -0.25) is 4.98 Å². The Balaban J connectivity index is 2.00. The van der Waals surface area contributed by atoms with Crippen molar-refractivity contribution < 1.29 is 14.6 Å². The van der Waals surface area contributed by atoms with Gasteiger partial charge in [0.2, 0.25) is 0 Å². The smallest absolute Gasteiger partial charge is 0.160 e. The first-order chi connectivity index (χ1) is 10.7. The Morgan fingerprint density at radius 2 is 1.77 bits per heavy atom. The third-order valence-corrected chi connectivity index (χ3v) is 3.65. The van der Waals surface area contributed by atoms with Crippen molar-refractivity contribution in [1.82, 2.24) is 4.98 Å². The number of phenols is 1. The maximum absolute atomic E-state index is 9.59. The van der Waals surface area contributed by atoms with E-state index in [0.29, 0.717) is 17.9 Å². The Kier molecular flexibility index (Phi) is 3.83. The fourth-order valence-corrected chi connectivity index (χ4v) is 2.55. The summed E-state index contributed by atoms with van der Waals surface area (Å²) in [5, 5.41) is 11.6. The fraction of sp³-hybridized carbons (Fsp3) is 0.167. The molecule has 2 aromatic carbocycles. The number of methoxy groups -OCH3 is 2. The molecule has 0 aliphatic carbocycles. The molecule has 0 aliphatic rings. The molecule has 4 nitrogen and oxygen atoms in total. The summed E-state index contributed by atoms with van der Waals surface area (Å²) in [4.78, 5) is 4.48. The van der Waals surface area contributed by atoms with Crippen LogP contribution in [-0.2, 0) is 6.42 Å². The number of aromatic hydroxyl groups is 1. The first-order valence-electron chi connectivity index (χ1n) is 6.99. The lowest BCUT2D eigenvalue weighted by molar-refractivity contribution is 0.354. The van der Waals surface area contributed by atoms with Crippen LogP contribution in [0.15, 0.2) is 48.7 Å². The average molecular weight is 295 g/mol. The van der Waals surface area contributed by atoms with E-state index in [1.165, 1.54) is 0 Å². The summed E-state index contributed by atoms with van der Waals surface area (Å²) in [6, 6.07) is 13.1. The van der Waals surface area contributed by atoms with Gasteiger partial charge in [-0.25, -0.2) is 0 Å². The van der Waals surface area contributed by atoms with Crippen molar-refractivity contribution in [2.45, 2.75) is 6.42 Å². The number of benzene rings is 2. The molecule has 1 aromatic heterocycles. The minimum absolute atomic E-state index is 0.260. The van der Waals surface area contributed by atoms with Crippen LogP contribution in [0.3, 0.4) is 0 Å². The van der Waals surface area contributed by atoms with Crippen LogP contribution < -0.4 is 9.47 Å². The van der Waals surface area contributed by atoms with Crippen LogP contribution in [0, 0.1) is 0 Å². The fourth-order valence-electron chi connectivity index (χ4n) is 2.55. The van der Waals surface area contributed by atoms with Crippen LogP contribution >= 0.6 is 0 Å². The lowest BCUT2D eigenvalue weighted by Gasteiger charge is -2.10. The van der Waals surface area contributed by atoms with E-state index in [-0.39, 0.29) is 5.75 Å². The summed E-state index contributed by atoms with van der Waals surface area (Å²) >= 11 is 0. The van der Waals surface area contributed by atoms with Gasteiger partial charge < -0.3 is 14.6 Å². The summed E-state index contributed by atoms with van der Waals surface area (Å²) in [6.07, 6.45) is 2.44. The molecular weight excluding hydrogens is 278 g/mol. The second kappa shape index (κ2) is 5.93. The van der Waals surface area contributed by atoms with Crippen molar-refractivity contribution in [2.75, 3.05) is 14.2 Å². The van der Waals surface area contributed by atoms with Crippen LogP contribution in [0.2, 0.25) is 0 Å². The third kappa shape index (κ3) is 2.68. The highest BCUT2D eigenvalue weighted by atomic mass is 16.5. The number of fused-ring (bicyclic) bond motifs is 1. The van der Waals surface area contributed by atoms with Gasteiger partial charge in [0, 0.05) is 18.0 Å². The Labute approximate surface area is 129 Å². The van der Waals surface area contributed by atoms with Crippen LogP contribution in [0.4, 0.5) is 0 Å². The molecular formula is C18H17NO3. The molecule has 0 unspecified atom stereocenters. The van der Waals surface area contributed by atoms with E-state index in [1.54, 1.807) is 32.5 Å². The Morgan fingerprint density at radius 3 is 2.55 bits per heavy atom. The number of hydrogen-bond donors (Lipinski definition) is 1. The molecule has 0 aliphatic heterocycles. The highest BCUT2D eigenvalue weighted by Crippen LogP contribution is 2.29. The van der Waals surface area contributed by atoms with Crippen molar-refractivity contribution in [2.24, 2.45) is 0 Å². The summed E-state index contributed by atoms with van der Waals surface area (Å²) in [5.41, 5.74) is 2.05. The first kappa shape index (κ1) is 14.2. The molecule has 1 N–H and O–H groups in total. The van der Waals surface area contributed by atoms with E-state index in [4.69, 9.17) is 9.47 Å². The molecule has 22 heavy (non-hydrogen) atoms. The van der Waals surface area contributed by atoms with Gasteiger partial charge in [-0.15, -0.1) is 0 Å². The van der Waals surface area contributed by atoms with Gasteiger partial charge in [0.05, 0.1) is 19.9 Å². The van der Waals surface area contributed by atoms with Gasteiger partial charge in [-0.2, -0.15) is 0 Å². The maximum atomic E-state index is 9.59. The summed E-state index contributed by atoms with van der Waals surface area (Å²) in [6.45, 7) is 0. The van der Waals surface area contributed by atoms with Gasteiger partial charge in [0.15, 0.2) is 11.5 Å². The van der Waals surface area contributed by atoms with Gasteiger partial charge in [0.25, 0.3) is 0 Å². The number of ether oxygens (including phenoxy) is 2. The van der Waals surface area contributed by atoms with E-state index in [1.807, 2.05) is 30.3 Å². The van der Waals surface area contributed by atoms with Crippen molar-refractivity contribution in [3.05, 3.63) is 59.9 Å². The van der Waals surface area contributed by atoms with E-state index in [0.717, 1.165) is 22.0 Å². The number of pyridine rings is 1. The zero-order chi connectivity index (χ0) is 15.5. The predicted octanol–water partition coefficient (Wildman–Crippen LogP) is 3.55.